The zero-order valence-corrected chi connectivity index (χ0v) is 8.67. The van der Waals surface area contributed by atoms with Crippen LogP contribution in [0.15, 0.2) is 0 Å². The van der Waals surface area contributed by atoms with Crippen LogP contribution < -0.4 is 5.73 Å². The maximum Gasteiger partial charge on any atom is 0.0709 e. The molecule has 1 rings (SSSR count). The van der Waals surface area contributed by atoms with Gasteiger partial charge >= 0.3 is 0 Å². The van der Waals surface area contributed by atoms with Crippen LogP contribution in [-0.4, -0.2) is 43.8 Å². The van der Waals surface area contributed by atoms with E-state index in [9.17, 15) is 0 Å². The fourth-order valence-electron chi connectivity index (χ4n) is 1.84. The van der Waals surface area contributed by atoms with Gasteiger partial charge in [0.05, 0.1) is 6.10 Å². The van der Waals surface area contributed by atoms with E-state index in [1.54, 1.807) is 0 Å². The Hall–Kier alpha value is -0.120. The molecule has 0 saturated carbocycles. The largest absolute Gasteiger partial charge is 0.377 e. The van der Waals surface area contributed by atoms with Crippen molar-refractivity contribution < 1.29 is 4.74 Å². The zero-order valence-electron chi connectivity index (χ0n) is 8.67. The summed E-state index contributed by atoms with van der Waals surface area (Å²) >= 11 is 0. The molecule has 13 heavy (non-hydrogen) atoms. The van der Waals surface area contributed by atoms with Gasteiger partial charge in [0.25, 0.3) is 0 Å². The van der Waals surface area contributed by atoms with Crippen LogP contribution in [0.4, 0.5) is 0 Å². The molecule has 0 aromatic rings. The Kier molecular flexibility index (Phi) is 5.35. The lowest BCUT2D eigenvalue weighted by molar-refractivity contribution is 0.0562. The second kappa shape index (κ2) is 6.35. The van der Waals surface area contributed by atoms with E-state index in [1.807, 2.05) is 6.92 Å². The molecule has 1 fully saturated rings. The number of ether oxygens (including phenoxy) is 1. The van der Waals surface area contributed by atoms with Gasteiger partial charge in [0.2, 0.25) is 0 Å². The van der Waals surface area contributed by atoms with Gasteiger partial charge in [0.1, 0.15) is 0 Å². The minimum Gasteiger partial charge on any atom is -0.377 e. The van der Waals surface area contributed by atoms with Crippen molar-refractivity contribution in [1.29, 1.82) is 0 Å². The van der Waals surface area contributed by atoms with Gasteiger partial charge in [-0.1, -0.05) is 0 Å². The molecule has 0 bridgehead atoms. The first kappa shape index (κ1) is 11.0. The SMILES string of the molecule is CCOC(CN)CCN1CCCC1. The van der Waals surface area contributed by atoms with Crippen LogP contribution in [0.1, 0.15) is 26.2 Å². The maximum absolute atomic E-state index is 5.60. The van der Waals surface area contributed by atoms with Gasteiger partial charge < -0.3 is 15.4 Å². The van der Waals surface area contributed by atoms with Gasteiger partial charge in [-0.05, 0) is 39.3 Å². The predicted molar refractivity (Wildman–Crippen MR) is 54.8 cm³/mol. The lowest BCUT2D eigenvalue weighted by Crippen LogP contribution is -2.30. The molecule has 1 aliphatic rings. The molecule has 3 heteroatoms. The second-order valence-corrected chi connectivity index (χ2v) is 3.65. The monoisotopic (exact) mass is 186 g/mol. The van der Waals surface area contributed by atoms with Crippen LogP contribution >= 0.6 is 0 Å². The molecule has 3 nitrogen and oxygen atoms in total. The summed E-state index contributed by atoms with van der Waals surface area (Å²) in [6.07, 6.45) is 4.08. The Morgan fingerprint density at radius 1 is 1.38 bits per heavy atom. The lowest BCUT2D eigenvalue weighted by Gasteiger charge is -2.19. The summed E-state index contributed by atoms with van der Waals surface area (Å²) in [6.45, 7) is 7.15. The number of hydrogen-bond donors (Lipinski definition) is 1. The fourth-order valence-corrected chi connectivity index (χ4v) is 1.84. The Balaban J connectivity index is 2.07. The summed E-state index contributed by atoms with van der Waals surface area (Å²) in [5, 5.41) is 0. The third-order valence-corrected chi connectivity index (χ3v) is 2.63. The van der Waals surface area contributed by atoms with Gasteiger partial charge in [0.15, 0.2) is 0 Å². The first-order valence-electron chi connectivity index (χ1n) is 5.40. The molecule has 0 spiro atoms. The van der Waals surface area contributed by atoms with Crippen molar-refractivity contribution in [2.75, 3.05) is 32.8 Å². The zero-order chi connectivity index (χ0) is 9.52. The number of hydrogen-bond acceptors (Lipinski definition) is 3. The topological polar surface area (TPSA) is 38.5 Å². The Labute approximate surface area is 81.2 Å². The van der Waals surface area contributed by atoms with Crippen molar-refractivity contribution in [3.05, 3.63) is 0 Å². The number of nitrogens with two attached hydrogens (primary N) is 1. The van der Waals surface area contributed by atoms with E-state index in [2.05, 4.69) is 4.90 Å². The minimum absolute atomic E-state index is 0.269. The second-order valence-electron chi connectivity index (χ2n) is 3.65. The molecule has 1 heterocycles. The first-order valence-corrected chi connectivity index (χ1v) is 5.40. The highest BCUT2D eigenvalue weighted by atomic mass is 16.5. The van der Waals surface area contributed by atoms with Crippen molar-refractivity contribution in [3.63, 3.8) is 0 Å². The lowest BCUT2D eigenvalue weighted by atomic mass is 10.2. The van der Waals surface area contributed by atoms with Crippen molar-refractivity contribution in [2.45, 2.75) is 32.3 Å². The highest BCUT2D eigenvalue weighted by molar-refractivity contribution is 4.69. The van der Waals surface area contributed by atoms with Gasteiger partial charge in [-0.25, -0.2) is 0 Å². The summed E-state index contributed by atoms with van der Waals surface area (Å²) in [4.78, 5) is 2.50. The normalized spacial score (nSPS) is 20.8. The molecule has 78 valence electrons. The number of likely N-dealkylation sites (tertiary alicyclic amines) is 1. The van der Waals surface area contributed by atoms with Crippen LogP contribution in [0.5, 0.6) is 0 Å². The molecule has 0 aromatic carbocycles. The Morgan fingerprint density at radius 3 is 2.62 bits per heavy atom. The van der Waals surface area contributed by atoms with Crippen LogP contribution in [0.25, 0.3) is 0 Å². The molecule has 0 radical (unpaired) electrons. The molecule has 0 aromatic heterocycles. The summed E-state index contributed by atoms with van der Waals surface area (Å²) < 4.78 is 5.50. The number of nitrogens with zero attached hydrogens (tertiary/aromatic N) is 1. The van der Waals surface area contributed by atoms with Crippen LogP contribution in [-0.2, 0) is 4.74 Å². The molecule has 0 aliphatic carbocycles. The third kappa shape index (κ3) is 4.07. The highest BCUT2D eigenvalue weighted by Gasteiger charge is 2.13. The fraction of sp³-hybridized carbons (Fsp3) is 1.00. The number of rotatable bonds is 6. The quantitative estimate of drug-likeness (QED) is 0.668. The summed E-state index contributed by atoms with van der Waals surface area (Å²) in [6, 6.07) is 0. The van der Waals surface area contributed by atoms with Crippen LogP contribution in [0.2, 0.25) is 0 Å². The van der Waals surface area contributed by atoms with E-state index in [-0.39, 0.29) is 6.10 Å². The Bertz CT molecular complexity index is 124. The van der Waals surface area contributed by atoms with Gasteiger partial charge in [-0.15, -0.1) is 0 Å². The third-order valence-electron chi connectivity index (χ3n) is 2.63. The molecule has 1 unspecified atom stereocenters. The summed E-state index contributed by atoms with van der Waals surface area (Å²) in [7, 11) is 0. The van der Waals surface area contributed by atoms with E-state index in [1.165, 1.54) is 25.9 Å². The molecule has 1 saturated heterocycles. The predicted octanol–water partition coefficient (Wildman–Crippen LogP) is 0.836. The van der Waals surface area contributed by atoms with Crippen molar-refractivity contribution >= 4 is 0 Å². The van der Waals surface area contributed by atoms with E-state index in [4.69, 9.17) is 10.5 Å². The maximum atomic E-state index is 5.60. The van der Waals surface area contributed by atoms with Crippen molar-refractivity contribution in [2.24, 2.45) is 5.73 Å². The van der Waals surface area contributed by atoms with E-state index in [0.29, 0.717) is 6.54 Å². The first-order chi connectivity index (χ1) is 6.36. The molecule has 0 amide bonds. The smallest absolute Gasteiger partial charge is 0.0709 e. The standard InChI is InChI=1S/C10H22N2O/c1-2-13-10(9-11)5-8-12-6-3-4-7-12/h10H,2-9,11H2,1H3. The van der Waals surface area contributed by atoms with Gasteiger partial charge in [-0.2, -0.15) is 0 Å². The van der Waals surface area contributed by atoms with Crippen molar-refractivity contribution in [3.8, 4) is 0 Å². The van der Waals surface area contributed by atoms with E-state index >= 15 is 0 Å². The minimum atomic E-state index is 0.269. The van der Waals surface area contributed by atoms with Gasteiger partial charge in [0, 0.05) is 19.7 Å². The summed E-state index contributed by atoms with van der Waals surface area (Å²) in [5.74, 6) is 0. The average Bonchev–Trinajstić information content (AvgIpc) is 2.64. The van der Waals surface area contributed by atoms with Crippen molar-refractivity contribution in [1.82, 2.24) is 4.90 Å². The van der Waals surface area contributed by atoms with Crippen LogP contribution in [0, 0.1) is 0 Å². The average molecular weight is 186 g/mol. The molecule has 2 N–H and O–H groups in total. The van der Waals surface area contributed by atoms with E-state index < -0.39 is 0 Å². The van der Waals surface area contributed by atoms with Crippen LogP contribution in [0.3, 0.4) is 0 Å². The molecular weight excluding hydrogens is 164 g/mol. The molecule has 1 atom stereocenters. The van der Waals surface area contributed by atoms with E-state index in [0.717, 1.165) is 19.6 Å². The van der Waals surface area contributed by atoms with Gasteiger partial charge in [-0.3, -0.25) is 0 Å². The Morgan fingerprint density at radius 2 is 2.08 bits per heavy atom. The highest BCUT2D eigenvalue weighted by Crippen LogP contribution is 2.09. The molecule has 1 aliphatic heterocycles. The summed E-state index contributed by atoms with van der Waals surface area (Å²) in [5.41, 5.74) is 5.60. The molecular formula is C10H22N2O.